The van der Waals surface area contributed by atoms with Crippen LogP contribution in [0.25, 0.3) is 11.5 Å². The fourth-order valence-electron chi connectivity index (χ4n) is 2.97. The van der Waals surface area contributed by atoms with Gasteiger partial charge in [0.05, 0.1) is 6.42 Å². The third-order valence-electron chi connectivity index (χ3n) is 4.38. The highest BCUT2D eigenvalue weighted by atomic mass is 19.4. The summed E-state index contributed by atoms with van der Waals surface area (Å²) < 4.78 is 52.1. The van der Waals surface area contributed by atoms with Crippen LogP contribution >= 0.6 is 0 Å². The fourth-order valence-corrected chi connectivity index (χ4v) is 2.97. The summed E-state index contributed by atoms with van der Waals surface area (Å²) in [6.07, 6.45) is -4.45. The molecular weight excluding hydrogens is 403 g/mol. The lowest BCUT2D eigenvalue weighted by molar-refractivity contribution is -0.274. The zero-order valence-electron chi connectivity index (χ0n) is 15.9. The van der Waals surface area contributed by atoms with Crippen LogP contribution in [0.1, 0.15) is 24.8 Å². The Morgan fingerprint density at radius 1 is 1.03 bits per heavy atom. The molecule has 0 amide bonds. The van der Waals surface area contributed by atoms with Crippen LogP contribution < -0.4 is 9.47 Å². The second-order valence-electron chi connectivity index (χ2n) is 6.81. The number of benzene rings is 2. The van der Waals surface area contributed by atoms with Crippen LogP contribution in [-0.2, 0) is 10.4 Å². The number of halogens is 3. The molecule has 4 rings (SSSR count). The summed E-state index contributed by atoms with van der Waals surface area (Å²) in [7, 11) is 0. The predicted octanol–water partition coefficient (Wildman–Crippen LogP) is 4.97. The van der Waals surface area contributed by atoms with E-state index in [9.17, 15) is 13.2 Å². The number of aromatic nitrogens is 2. The van der Waals surface area contributed by atoms with Crippen LogP contribution in [0.3, 0.4) is 0 Å². The topological polar surface area (TPSA) is 79.0 Å². The molecule has 1 atom stereocenters. The molecule has 0 spiro atoms. The Bertz CT molecular complexity index is 1080. The molecule has 2 aromatic carbocycles. The number of rotatable bonds is 4. The number of hydrogen-bond donors (Lipinski definition) is 0. The van der Waals surface area contributed by atoms with Crippen LogP contribution in [0.15, 0.2) is 58.1 Å². The first-order chi connectivity index (χ1) is 14.2. The van der Waals surface area contributed by atoms with Crippen molar-refractivity contribution in [2.24, 2.45) is 5.16 Å². The lowest BCUT2D eigenvalue weighted by Gasteiger charge is -2.21. The maximum Gasteiger partial charge on any atom is 0.573 e. The Morgan fingerprint density at radius 2 is 1.80 bits per heavy atom. The van der Waals surface area contributed by atoms with Gasteiger partial charge in [-0.15, -0.1) is 23.4 Å². The van der Waals surface area contributed by atoms with Crippen molar-refractivity contribution in [1.82, 2.24) is 10.2 Å². The Labute approximate surface area is 169 Å². The van der Waals surface area contributed by atoms with Gasteiger partial charge in [0.15, 0.2) is 5.60 Å². The molecular formula is C20H16F3N3O4. The van der Waals surface area contributed by atoms with E-state index < -0.39 is 12.0 Å². The minimum Gasteiger partial charge on any atom is -0.440 e. The van der Waals surface area contributed by atoms with E-state index in [1.165, 1.54) is 24.3 Å². The van der Waals surface area contributed by atoms with Gasteiger partial charge < -0.3 is 18.7 Å². The molecule has 0 aliphatic carbocycles. The highest BCUT2D eigenvalue weighted by Gasteiger charge is 2.38. The molecule has 0 saturated carbocycles. The Hall–Kier alpha value is -3.56. The summed E-state index contributed by atoms with van der Waals surface area (Å²) in [4.78, 5) is 5.53. The van der Waals surface area contributed by atoms with Gasteiger partial charge in [-0.2, -0.15) is 0 Å². The van der Waals surface area contributed by atoms with Gasteiger partial charge in [-0.3, -0.25) is 0 Å². The first-order valence-corrected chi connectivity index (χ1v) is 8.90. The smallest absolute Gasteiger partial charge is 0.440 e. The van der Waals surface area contributed by atoms with Crippen molar-refractivity contribution in [2.75, 3.05) is 0 Å². The van der Waals surface area contributed by atoms with Crippen molar-refractivity contribution in [1.29, 1.82) is 0 Å². The van der Waals surface area contributed by atoms with Gasteiger partial charge in [0, 0.05) is 12.5 Å². The number of ether oxygens (including phenoxy) is 2. The van der Waals surface area contributed by atoms with E-state index in [0.29, 0.717) is 34.6 Å². The first kappa shape index (κ1) is 19.7. The summed E-state index contributed by atoms with van der Waals surface area (Å²) in [6.45, 7) is 3.47. The lowest BCUT2D eigenvalue weighted by atomic mass is 9.93. The Balaban J connectivity index is 1.44. The summed E-state index contributed by atoms with van der Waals surface area (Å²) in [6, 6.07) is 12.5. The van der Waals surface area contributed by atoms with Gasteiger partial charge in [0.2, 0.25) is 17.7 Å². The summed E-state index contributed by atoms with van der Waals surface area (Å²) in [5.74, 6) is 1.34. The largest absolute Gasteiger partial charge is 0.573 e. The van der Waals surface area contributed by atoms with Gasteiger partial charge in [0.1, 0.15) is 11.5 Å². The molecule has 1 aromatic heterocycles. The Kier molecular flexibility index (Phi) is 4.84. The minimum absolute atomic E-state index is 0.288. The van der Waals surface area contributed by atoms with Gasteiger partial charge in [-0.1, -0.05) is 23.4 Å². The number of alkyl halides is 3. The predicted molar refractivity (Wildman–Crippen MR) is 98.7 cm³/mol. The van der Waals surface area contributed by atoms with Crippen molar-refractivity contribution in [3.63, 3.8) is 0 Å². The van der Waals surface area contributed by atoms with Crippen molar-refractivity contribution < 1.29 is 31.9 Å². The molecule has 3 aromatic rings. The Morgan fingerprint density at radius 3 is 2.47 bits per heavy atom. The standard InChI is InChI=1S/C20H16F3N3O4/c1-12-24-25-18(27-12)13-4-3-5-16(10-13)28-17-11-19(2,30-26-17)14-6-8-15(9-7-14)29-20(21,22)23/h3-10H,11H2,1-2H3/t19-/m0/s1. The van der Waals surface area contributed by atoms with E-state index in [1.54, 1.807) is 32.0 Å². The summed E-state index contributed by atoms with van der Waals surface area (Å²) >= 11 is 0. The van der Waals surface area contributed by atoms with Crippen LogP contribution in [0, 0.1) is 6.92 Å². The van der Waals surface area contributed by atoms with Crippen molar-refractivity contribution in [3.05, 3.63) is 60.0 Å². The molecule has 0 saturated heterocycles. The molecule has 1 aliphatic rings. The maximum atomic E-state index is 12.3. The lowest BCUT2D eigenvalue weighted by Crippen LogP contribution is -2.23. The second kappa shape index (κ2) is 7.36. The monoisotopic (exact) mass is 419 g/mol. The second-order valence-corrected chi connectivity index (χ2v) is 6.81. The van der Waals surface area contributed by atoms with E-state index in [1.807, 2.05) is 6.07 Å². The molecule has 10 heteroatoms. The quantitative estimate of drug-likeness (QED) is 0.594. The SMILES string of the molecule is Cc1nnc(-c2cccc(OC3=NO[C@](C)(c4ccc(OC(F)(F)F)cc4)C3)c2)o1. The molecule has 30 heavy (non-hydrogen) atoms. The van der Waals surface area contributed by atoms with E-state index in [4.69, 9.17) is 14.0 Å². The average molecular weight is 419 g/mol. The molecule has 0 fully saturated rings. The van der Waals surface area contributed by atoms with Crippen LogP contribution in [0.5, 0.6) is 11.5 Å². The normalized spacial score (nSPS) is 18.6. The fraction of sp³-hybridized carbons (Fsp3) is 0.250. The van der Waals surface area contributed by atoms with E-state index >= 15 is 0 Å². The molecule has 0 bridgehead atoms. The van der Waals surface area contributed by atoms with Gasteiger partial charge in [-0.05, 0) is 42.8 Å². The summed E-state index contributed by atoms with van der Waals surface area (Å²) in [5.41, 5.74) is 0.443. The number of nitrogens with zero attached hydrogens (tertiary/aromatic N) is 3. The van der Waals surface area contributed by atoms with Crippen LogP contribution in [-0.4, -0.2) is 22.5 Å². The molecule has 156 valence electrons. The van der Waals surface area contributed by atoms with Gasteiger partial charge >= 0.3 is 6.36 Å². The van der Waals surface area contributed by atoms with E-state index in [-0.39, 0.29) is 12.2 Å². The van der Waals surface area contributed by atoms with Crippen LogP contribution in [0.2, 0.25) is 0 Å². The molecule has 0 radical (unpaired) electrons. The third-order valence-corrected chi connectivity index (χ3v) is 4.38. The molecule has 7 nitrogen and oxygen atoms in total. The third kappa shape index (κ3) is 4.37. The molecule has 2 heterocycles. The van der Waals surface area contributed by atoms with E-state index in [2.05, 4.69) is 20.1 Å². The van der Waals surface area contributed by atoms with Crippen molar-refractivity contribution in [2.45, 2.75) is 32.2 Å². The minimum atomic E-state index is -4.74. The van der Waals surface area contributed by atoms with Crippen molar-refractivity contribution in [3.8, 4) is 23.0 Å². The summed E-state index contributed by atoms with van der Waals surface area (Å²) in [5, 5.41) is 11.8. The average Bonchev–Trinajstić information content (AvgIpc) is 3.28. The number of hydrogen-bond acceptors (Lipinski definition) is 7. The number of oxime groups is 1. The highest BCUT2D eigenvalue weighted by Crippen LogP contribution is 2.36. The molecule has 0 unspecified atom stereocenters. The maximum absolute atomic E-state index is 12.3. The highest BCUT2D eigenvalue weighted by molar-refractivity contribution is 5.81. The zero-order chi connectivity index (χ0) is 21.4. The number of aryl methyl sites for hydroxylation is 1. The zero-order valence-corrected chi connectivity index (χ0v) is 15.9. The van der Waals surface area contributed by atoms with E-state index in [0.717, 1.165) is 0 Å². The van der Waals surface area contributed by atoms with Crippen molar-refractivity contribution >= 4 is 5.90 Å². The van der Waals surface area contributed by atoms with Gasteiger partial charge in [0.25, 0.3) is 0 Å². The van der Waals surface area contributed by atoms with Gasteiger partial charge in [-0.25, -0.2) is 0 Å². The molecule has 1 aliphatic heterocycles. The molecule has 0 N–H and O–H groups in total. The first-order valence-electron chi connectivity index (χ1n) is 8.90. The van der Waals surface area contributed by atoms with Crippen LogP contribution in [0.4, 0.5) is 13.2 Å².